The van der Waals surface area contributed by atoms with Crippen molar-refractivity contribution in [2.24, 2.45) is 5.92 Å². The Balaban J connectivity index is 1.55. The van der Waals surface area contributed by atoms with Crippen LogP contribution in [0.1, 0.15) is 41.6 Å². The molecule has 0 aromatic heterocycles. The van der Waals surface area contributed by atoms with Gasteiger partial charge >= 0.3 is 0 Å². The number of carbonyl (C=O) groups is 1. The quantitative estimate of drug-likeness (QED) is 0.180. The Hall–Kier alpha value is -1.81. The van der Waals surface area contributed by atoms with Gasteiger partial charge in [0.2, 0.25) is 0 Å². The van der Waals surface area contributed by atoms with Crippen LogP contribution in [-0.2, 0) is 27.4 Å². The molecule has 1 aliphatic heterocycles. The Labute approximate surface area is 253 Å². The first-order valence-electron chi connectivity index (χ1n) is 12.9. The Bertz CT molecular complexity index is 1250. The Morgan fingerprint density at radius 1 is 0.950 bits per heavy atom. The molecule has 4 atom stereocenters. The lowest BCUT2D eigenvalue weighted by atomic mass is 9.91. The van der Waals surface area contributed by atoms with Crippen molar-refractivity contribution in [1.82, 2.24) is 5.32 Å². The van der Waals surface area contributed by atoms with E-state index in [1.165, 1.54) is 0 Å². The summed E-state index contributed by atoms with van der Waals surface area (Å²) in [5.41, 5.74) is 5.53. The number of nitrogens with one attached hydrogen (secondary N) is 1. The second kappa shape index (κ2) is 14.4. The van der Waals surface area contributed by atoms with Crippen molar-refractivity contribution in [1.29, 1.82) is 0 Å². The number of thioether (sulfide) groups is 1. The van der Waals surface area contributed by atoms with Gasteiger partial charge in [0.1, 0.15) is 0 Å². The van der Waals surface area contributed by atoms with E-state index < -0.39 is 16.0 Å². The number of rotatable bonds is 10. The molecule has 0 spiro atoms. The number of hydrogen-bond donors (Lipinski definition) is 3. The first-order valence-corrected chi connectivity index (χ1v) is 15.2. The number of benzene rings is 3. The van der Waals surface area contributed by atoms with Crippen LogP contribution < -0.4 is 5.32 Å². The van der Waals surface area contributed by atoms with Crippen LogP contribution in [0.3, 0.4) is 0 Å². The van der Waals surface area contributed by atoms with Crippen LogP contribution in [-0.4, -0.2) is 44.1 Å². The third-order valence-corrected chi connectivity index (χ3v) is 8.40. The number of alkyl halides is 3. The molecule has 6 nitrogen and oxygen atoms in total. The van der Waals surface area contributed by atoms with E-state index in [0.717, 1.165) is 39.1 Å². The van der Waals surface area contributed by atoms with Crippen LogP contribution in [0.5, 0.6) is 0 Å². The maximum absolute atomic E-state index is 12.0. The van der Waals surface area contributed by atoms with E-state index in [4.69, 9.17) is 44.3 Å². The van der Waals surface area contributed by atoms with Gasteiger partial charge in [-0.1, -0.05) is 115 Å². The number of hydrogen-bond acceptors (Lipinski definition) is 6. The molecule has 0 radical (unpaired) electrons. The summed E-state index contributed by atoms with van der Waals surface area (Å²) in [6.45, 7) is 2.44. The van der Waals surface area contributed by atoms with Crippen LogP contribution in [0.25, 0.3) is 11.1 Å². The van der Waals surface area contributed by atoms with Crippen LogP contribution in [0.4, 0.5) is 0 Å². The summed E-state index contributed by atoms with van der Waals surface area (Å²) in [7, 11) is 0. The maximum Gasteiger partial charge on any atom is 0.272 e. The second-order valence-electron chi connectivity index (χ2n) is 9.58. The van der Waals surface area contributed by atoms with Gasteiger partial charge in [0.05, 0.1) is 25.4 Å². The summed E-state index contributed by atoms with van der Waals surface area (Å²) in [5.74, 6) is 0.773. The SMILES string of the molecule is CC1C(CSCCO)OC(c2ccc(-c3ccccc3CNC(=O)C(Cl)(Cl)Cl)cc2)OC1c1ccc(CO)cc1. The molecule has 4 unspecified atom stereocenters. The highest BCUT2D eigenvalue weighted by Gasteiger charge is 2.38. The maximum atomic E-state index is 12.0. The fourth-order valence-corrected chi connectivity index (χ4v) is 5.74. The molecule has 40 heavy (non-hydrogen) atoms. The number of halogens is 3. The molecule has 0 saturated carbocycles. The Morgan fingerprint density at radius 3 is 2.27 bits per heavy atom. The molecule has 1 saturated heterocycles. The average molecular weight is 625 g/mol. The van der Waals surface area contributed by atoms with Gasteiger partial charge in [0.15, 0.2) is 6.29 Å². The minimum Gasteiger partial charge on any atom is -0.396 e. The van der Waals surface area contributed by atoms with Crippen LogP contribution >= 0.6 is 46.6 Å². The van der Waals surface area contributed by atoms with Gasteiger partial charge in [-0.15, -0.1) is 0 Å². The molecule has 1 aliphatic rings. The molecule has 214 valence electrons. The van der Waals surface area contributed by atoms with E-state index in [1.807, 2.05) is 72.8 Å². The minimum atomic E-state index is -2.03. The average Bonchev–Trinajstić information content (AvgIpc) is 2.96. The molecule has 0 bridgehead atoms. The number of aliphatic hydroxyl groups excluding tert-OH is 2. The molecule has 0 aliphatic carbocycles. The zero-order valence-corrected chi connectivity index (χ0v) is 25.0. The van der Waals surface area contributed by atoms with Gasteiger partial charge in [-0.05, 0) is 27.8 Å². The van der Waals surface area contributed by atoms with Crippen molar-refractivity contribution in [3.8, 4) is 11.1 Å². The fraction of sp³-hybridized carbons (Fsp3) is 0.367. The lowest BCUT2D eigenvalue weighted by molar-refractivity contribution is -0.268. The molecule has 3 aromatic carbocycles. The van der Waals surface area contributed by atoms with Crippen molar-refractivity contribution >= 4 is 52.5 Å². The largest absolute Gasteiger partial charge is 0.396 e. The molecule has 3 aromatic rings. The first-order chi connectivity index (χ1) is 19.2. The van der Waals surface area contributed by atoms with E-state index in [1.54, 1.807) is 11.8 Å². The summed E-state index contributed by atoms with van der Waals surface area (Å²) in [4.78, 5) is 12.0. The minimum absolute atomic E-state index is 0.0116. The molecule has 1 fully saturated rings. The van der Waals surface area contributed by atoms with Crippen molar-refractivity contribution in [2.75, 3.05) is 18.1 Å². The lowest BCUT2D eigenvalue weighted by Crippen LogP contribution is -2.38. The van der Waals surface area contributed by atoms with Crippen molar-refractivity contribution in [2.45, 2.75) is 42.4 Å². The van der Waals surface area contributed by atoms with Crippen molar-refractivity contribution < 1.29 is 24.5 Å². The fourth-order valence-electron chi connectivity index (χ4n) is 4.63. The monoisotopic (exact) mass is 623 g/mol. The molecule has 4 rings (SSSR count). The van der Waals surface area contributed by atoms with E-state index >= 15 is 0 Å². The third-order valence-electron chi connectivity index (χ3n) is 6.85. The molecular formula is C30H32Cl3NO5S. The zero-order chi connectivity index (χ0) is 28.7. The number of aliphatic hydroxyl groups is 2. The van der Waals surface area contributed by atoms with Gasteiger partial charge < -0.3 is 25.0 Å². The van der Waals surface area contributed by atoms with Gasteiger partial charge in [-0.2, -0.15) is 11.8 Å². The number of carbonyl (C=O) groups excluding carboxylic acids is 1. The number of amides is 1. The van der Waals surface area contributed by atoms with Gasteiger partial charge in [0, 0.05) is 29.5 Å². The first kappa shape index (κ1) is 31.1. The highest BCUT2D eigenvalue weighted by atomic mass is 35.6. The summed E-state index contributed by atoms with van der Waals surface area (Å²) in [6.07, 6.45) is -0.862. The van der Waals surface area contributed by atoms with Gasteiger partial charge in [0.25, 0.3) is 9.70 Å². The van der Waals surface area contributed by atoms with Gasteiger partial charge in [-0.3, -0.25) is 4.79 Å². The summed E-state index contributed by atoms with van der Waals surface area (Å²) in [6, 6.07) is 23.5. The smallest absolute Gasteiger partial charge is 0.272 e. The van der Waals surface area contributed by atoms with Crippen LogP contribution in [0.15, 0.2) is 72.8 Å². The van der Waals surface area contributed by atoms with E-state index in [0.29, 0.717) is 5.75 Å². The summed E-state index contributed by atoms with van der Waals surface area (Å²) >= 11 is 18.7. The highest BCUT2D eigenvalue weighted by molar-refractivity contribution is 7.99. The van der Waals surface area contributed by atoms with Crippen LogP contribution in [0.2, 0.25) is 0 Å². The van der Waals surface area contributed by atoms with Gasteiger partial charge in [-0.25, -0.2) is 0 Å². The normalized spacial score (nSPS) is 21.2. The van der Waals surface area contributed by atoms with E-state index in [2.05, 4.69) is 12.2 Å². The molecule has 1 amide bonds. The summed E-state index contributed by atoms with van der Waals surface area (Å²) < 4.78 is 10.9. The molecule has 3 N–H and O–H groups in total. The topological polar surface area (TPSA) is 88.0 Å². The van der Waals surface area contributed by atoms with E-state index in [-0.39, 0.29) is 37.9 Å². The second-order valence-corrected chi connectivity index (χ2v) is 13.0. The third kappa shape index (κ3) is 7.93. The Kier molecular flexibility index (Phi) is 11.2. The standard InChI is InChI=1S/C30H32Cl3NO5S/c1-19-26(18-40-15-14-35)38-28(39-27(19)22-8-6-20(17-36)7-9-22)23-12-10-21(11-13-23)25-5-3-2-4-24(25)16-34-29(37)30(31,32)33/h2-13,19,26-28,35-36H,14-18H2,1H3,(H,34,37). The summed E-state index contributed by atoms with van der Waals surface area (Å²) in [5, 5.41) is 21.4. The molecule has 10 heteroatoms. The molecule has 1 heterocycles. The highest BCUT2D eigenvalue weighted by Crippen LogP contribution is 2.42. The van der Waals surface area contributed by atoms with Crippen molar-refractivity contribution in [3.05, 3.63) is 95.1 Å². The molecular weight excluding hydrogens is 593 g/mol. The lowest BCUT2D eigenvalue weighted by Gasteiger charge is -2.41. The van der Waals surface area contributed by atoms with E-state index in [9.17, 15) is 15.0 Å². The number of ether oxygens (including phenoxy) is 2. The predicted molar refractivity (Wildman–Crippen MR) is 161 cm³/mol. The zero-order valence-electron chi connectivity index (χ0n) is 21.9. The van der Waals surface area contributed by atoms with Crippen molar-refractivity contribution in [3.63, 3.8) is 0 Å². The predicted octanol–water partition coefficient (Wildman–Crippen LogP) is 6.35. The van der Waals surface area contributed by atoms with Crippen LogP contribution in [0, 0.1) is 5.92 Å². The Morgan fingerprint density at radius 2 is 1.62 bits per heavy atom.